The molecule has 0 aromatic heterocycles. The normalized spacial score (nSPS) is 12.8. The molecule has 0 bridgehead atoms. The van der Waals surface area contributed by atoms with Gasteiger partial charge in [0.05, 0.1) is 19.7 Å². The highest BCUT2D eigenvalue weighted by molar-refractivity contribution is 5.79. The lowest BCUT2D eigenvalue weighted by Crippen LogP contribution is -2.40. The van der Waals surface area contributed by atoms with E-state index < -0.39 is 0 Å². The predicted molar refractivity (Wildman–Crippen MR) is 107 cm³/mol. The summed E-state index contributed by atoms with van der Waals surface area (Å²) in [5.74, 6) is 1.83. The number of aliphatic imine (C=N–C) groups is 1. The molecule has 0 saturated heterocycles. The number of allylic oxidation sites excluding steroid dienone is 1. The van der Waals surface area contributed by atoms with Crippen LogP contribution in [-0.4, -0.2) is 63.6 Å². The molecule has 1 aromatic carbocycles. The molecule has 0 saturated carbocycles. The van der Waals surface area contributed by atoms with Crippen LogP contribution in [-0.2, 0) is 0 Å². The number of guanidine groups is 1. The first-order valence-electron chi connectivity index (χ1n) is 8.94. The monoisotopic (exact) mass is 346 g/mol. The number of methoxy groups -OCH3 is 1. The summed E-state index contributed by atoms with van der Waals surface area (Å²) in [6.45, 7) is 8.41. The molecule has 1 N–H and O–H groups in total. The molecule has 0 aliphatic carbocycles. The van der Waals surface area contributed by atoms with E-state index in [-0.39, 0.29) is 6.04 Å². The summed E-state index contributed by atoms with van der Waals surface area (Å²) in [4.78, 5) is 9.25. The molecule has 25 heavy (non-hydrogen) atoms. The summed E-state index contributed by atoms with van der Waals surface area (Å²) in [5, 5.41) is 3.38. The van der Waals surface area contributed by atoms with Gasteiger partial charge in [-0.3, -0.25) is 4.99 Å². The third-order valence-corrected chi connectivity index (χ3v) is 4.14. The SMILES string of the molecule is C=CCCCN(C)C(=NCC(c1ccc(OC)cc1)N(C)C)NCC. The van der Waals surface area contributed by atoms with Crippen LogP contribution in [0.15, 0.2) is 41.9 Å². The largest absolute Gasteiger partial charge is 0.497 e. The van der Waals surface area contributed by atoms with Crippen LogP contribution in [0.2, 0.25) is 0 Å². The Morgan fingerprint density at radius 2 is 1.96 bits per heavy atom. The molecule has 0 spiro atoms. The van der Waals surface area contributed by atoms with Crippen molar-refractivity contribution in [1.82, 2.24) is 15.1 Å². The van der Waals surface area contributed by atoms with Crippen LogP contribution in [0, 0.1) is 0 Å². The standard InChI is InChI=1S/C20H34N4O/c1-7-9-10-15-24(5)20(21-8-2)22-16-19(23(3)4)17-11-13-18(25-6)14-12-17/h7,11-14,19H,1,8-10,15-16H2,2-6H3,(H,21,22). The van der Waals surface area contributed by atoms with Crippen molar-refractivity contribution in [2.75, 3.05) is 47.9 Å². The van der Waals surface area contributed by atoms with Gasteiger partial charge >= 0.3 is 0 Å². The van der Waals surface area contributed by atoms with E-state index in [1.165, 1.54) is 5.56 Å². The molecule has 5 nitrogen and oxygen atoms in total. The van der Waals surface area contributed by atoms with E-state index in [2.05, 4.69) is 61.9 Å². The zero-order chi connectivity index (χ0) is 18.7. The number of unbranched alkanes of at least 4 members (excludes halogenated alkanes) is 1. The van der Waals surface area contributed by atoms with Crippen LogP contribution in [0.4, 0.5) is 0 Å². The Kier molecular flexibility index (Phi) is 9.70. The van der Waals surface area contributed by atoms with Crippen molar-refractivity contribution in [3.8, 4) is 5.75 Å². The van der Waals surface area contributed by atoms with Crippen molar-refractivity contribution < 1.29 is 4.74 Å². The molecular formula is C20H34N4O. The minimum atomic E-state index is 0.223. The number of nitrogens with one attached hydrogen (secondary N) is 1. The Labute approximate surface area is 153 Å². The lowest BCUT2D eigenvalue weighted by molar-refractivity contribution is 0.305. The van der Waals surface area contributed by atoms with Crippen LogP contribution in [0.25, 0.3) is 0 Å². The van der Waals surface area contributed by atoms with Crippen LogP contribution in [0.5, 0.6) is 5.75 Å². The molecule has 0 heterocycles. The van der Waals surface area contributed by atoms with Gasteiger partial charge in [0, 0.05) is 20.1 Å². The third kappa shape index (κ3) is 7.18. The van der Waals surface area contributed by atoms with Gasteiger partial charge in [0.25, 0.3) is 0 Å². The fourth-order valence-corrected chi connectivity index (χ4v) is 2.61. The number of hydrogen-bond donors (Lipinski definition) is 1. The van der Waals surface area contributed by atoms with Gasteiger partial charge in [0.15, 0.2) is 5.96 Å². The maximum atomic E-state index is 5.25. The Morgan fingerprint density at radius 1 is 1.28 bits per heavy atom. The van der Waals surface area contributed by atoms with Gasteiger partial charge in [0.1, 0.15) is 5.75 Å². The molecule has 0 fully saturated rings. The number of nitrogens with zero attached hydrogens (tertiary/aromatic N) is 3. The average molecular weight is 347 g/mol. The molecular weight excluding hydrogens is 312 g/mol. The Hall–Kier alpha value is -2.01. The van der Waals surface area contributed by atoms with Crippen molar-refractivity contribution >= 4 is 5.96 Å². The van der Waals surface area contributed by atoms with Gasteiger partial charge in [0.2, 0.25) is 0 Å². The minimum Gasteiger partial charge on any atom is -0.497 e. The first-order chi connectivity index (χ1) is 12.0. The molecule has 0 aliphatic heterocycles. The molecule has 1 atom stereocenters. The van der Waals surface area contributed by atoms with E-state index in [1.807, 2.05) is 18.2 Å². The van der Waals surface area contributed by atoms with E-state index >= 15 is 0 Å². The quantitative estimate of drug-likeness (QED) is 0.306. The molecule has 1 unspecified atom stereocenters. The lowest BCUT2D eigenvalue weighted by atomic mass is 10.1. The molecule has 0 amide bonds. The molecule has 5 heteroatoms. The van der Waals surface area contributed by atoms with Crippen molar-refractivity contribution in [3.05, 3.63) is 42.5 Å². The van der Waals surface area contributed by atoms with Gasteiger partial charge < -0.3 is 19.9 Å². The van der Waals surface area contributed by atoms with E-state index in [0.717, 1.165) is 37.6 Å². The fourth-order valence-electron chi connectivity index (χ4n) is 2.61. The van der Waals surface area contributed by atoms with Gasteiger partial charge in [-0.05, 0) is 51.6 Å². The lowest BCUT2D eigenvalue weighted by Gasteiger charge is -2.26. The topological polar surface area (TPSA) is 40.1 Å². The summed E-state index contributed by atoms with van der Waals surface area (Å²) < 4.78 is 5.25. The summed E-state index contributed by atoms with van der Waals surface area (Å²) in [5.41, 5.74) is 1.24. The Balaban J connectivity index is 2.84. The second-order valence-corrected chi connectivity index (χ2v) is 6.30. The van der Waals surface area contributed by atoms with Gasteiger partial charge in [-0.1, -0.05) is 18.2 Å². The van der Waals surface area contributed by atoms with Crippen molar-refractivity contribution in [3.63, 3.8) is 0 Å². The zero-order valence-corrected chi connectivity index (χ0v) is 16.5. The first kappa shape index (κ1) is 21.0. The zero-order valence-electron chi connectivity index (χ0n) is 16.5. The highest BCUT2D eigenvalue weighted by atomic mass is 16.5. The molecule has 0 aliphatic rings. The summed E-state index contributed by atoms with van der Waals surface area (Å²) >= 11 is 0. The van der Waals surface area contributed by atoms with Gasteiger partial charge in [-0.2, -0.15) is 0 Å². The molecule has 0 radical (unpaired) electrons. The number of benzene rings is 1. The van der Waals surface area contributed by atoms with E-state index in [9.17, 15) is 0 Å². The Bertz CT molecular complexity index is 525. The van der Waals surface area contributed by atoms with E-state index in [4.69, 9.17) is 9.73 Å². The van der Waals surface area contributed by atoms with Gasteiger partial charge in [-0.25, -0.2) is 0 Å². The van der Waals surface area contributed by atoms with Crippen molar-refractivity contribution in [2.24, 2.45) is 4.99 Å². The second-order valence-electron chi connectivity index (χ2n) is 6.30. The van der Waals surface area contributed by atoms with E-state index in [1.54, 1.807) is 7.11 Å². The number of hydrogen-bond acceptors (Lipinski definition) is 3. The van der Waals surface area contributed by atoms with Crippen molar-refractivity contribution in [2.45, 2.75) is 25.8 Å². The number of ether oxygens (including phenoxy) is 1. The maximum absolute atomic E-state index is 5.25. The van der Waals surface area contributed by atoms with Crippen LogP contribution < -0.4 is 10.1 Å². The number of rotatable bonds is 10. The summed E-state index contributed by atoms with van der Waals surface area (Å²) in [6.07, 6.45) is 4.07. The predicted octanol–water partition coefficient (Wildman–Crippen LogP) is 3.16. The molecule has 1 aromatic rings. The molecule has 140 valence electrons. The first-order valence-corrected chi connectivity index (χ1v) is 8.94. The van der Waals surface area contributed by atoms with Crippen LogP contribution in [0.1, 0.15) is 31.4 Å². The number of likely N-dealkylation sites (N-methyl/N-ethyl adjacent to an activating group) is 1. The smallest absolute Gasteiger partial charge is 0.193 e. The Morgan fingerprint density at radius 3 is 2.48 bits per heavy atom. The maximum Gasteiger partial charge on any atom is 0.193 e. The van der Waals surface area contributed by atoms with Crippen LogP contribution >= 0.6 is 0 Å². The van der Waals surface area contributed by atoms with Crippen molar-refractivity contribution in [1.29, 1.82) is 0 Å². The highest BCUT2D eigenvalue weighted by Crippen LogP contribution is 2.21. The van der Waals surface area contributed by atoms with E-state index in [0.29, 0.717) is 6.54 Å². The third-order valence-electron chi connectivity index (χ3n) is 4.14. The second kappa shape index (κ2) is 11.5. The highest BCUT2D eigenvalue weighted by Gasteiger charge is 2.15. The fraction of sp³-hybridized carbons (Fsp3) is 0.550. The summed E-state index contributed by atoms with van der Waals surface area (Å²) in [7, 11) is 7.95. The molecule has 1 rings (SSSR count). The van der Waals surface area contributed by atoms with Crippen LogP contribution in [0.3, 0.4) is 0 Å². The summed E-state index contributed by atoms with van der Waals surface area (Å²) in [6, 6.07) is 8.45. The average Bonchev–Trinajstić information content (AvgIpc) is 2.61. The van der Waals surface area contributed by atoms with Gasteiger partial charge in [-0.15, -0.1) is 6.58 Å². The minimum absolute atomic E-state index is 0.223.